The predicted molar refractivity (Wildman–Crippen MR) is 43.8 cm³/mol. The average Bonchev–Trinajstić information content (AvgIpc) is 2.01. The van der Waals surface area contributed by atoms with Crippen LogP contribution in [0.1, 0.15) is 20.3 Å². The summed E-state index contributed by atoms with van der Waals surface area (Å²) in [6.45, 7) is 3.13. The zero-order valence-corrected chi connectivity index (χ0v) is 7.54. The molecular formula is C8H16O4. The van der Waals surface area contributed by atoms with E-state index in [0.717, 1.165) is 0 Å². The van der Waals surface area contributed by atoms with Crippen LogP contribution in [0.15, 0.2) is 0 Å². The number of ketones is 1. The third-order valence-electron chi connectivity index (χ3n) is 1.56. The first-order valence-corrected chi connectivity index (χ1v) is 3.93. The van der Waals surface area contributed by atoms with Crippen molar-refractivity contribution in [3.63, 3.8) is 0 Å². The number of carbonyl (C=O) groups excluding carboxylic acids is 1. The van der Waals surface area contributed by atoms with Gasteiger partial charge in [0, 0.05) is 6.42 Å². The Bertz CT molecular complexity index is 142. The van der Waals surface area contributed by atoms with Gasteiger partial charge in [0.15, 0.2) is 5.78 Å². The van der Waals surface area contributed by atoms with E-state index in [0.29, 0.717) is 0 Å². The number of hydrogen-bond donors (Lipinski definition) is 2. The molecule has 72 valence electrons. The molecule has 0 aromatic rings. The number of hydrogen-bond acceptors (Lipinski definition) is 4. The zero-order chi connectivity index (χ0) is 9.61. The second kappa shape index (κ2) is 5.24. The van der Waals surface area contributed by atoms with Gasteiger partial charge in [0.1, 0.15) is 5.60 Å². The van der Waals surface area contributed by atoms with E-state index in [9.17, 15) is 4.79 Å². The normalized spacial score (nSPS) is 11.7. The van der Waals surface area contributed by atoms with E-state index in [1.165, 1.54) is 0 Å². The first-order valence-electron chi connectivity index (χ1n) is 3.93. The van der Waals surface area contributed by atoms with Gasteiger partial charge in [0.05, 0.1) is 19.8 Å². The summed E-state index contributed by atoms with van der Waals surface area (Å²) in [6, 6.07) is 0. The molecule has 0 bridgehead atoms. The third-order valence-corrected chi connectivity index (χ3v) is 1.56. The van der Waals surface area contributed by atoms with Crippen LogP contribution >= 0.6 is 0 Å². The quantitative estimate of drug-likeness (QED) is 0.584. The van der Waals surface area contributed by atoms with Crippen molar-refractivity contribution in [2.45, 2.75) is 25.9 Å². The number of ether oxygens (including phenoxy) is 1. The van der Waals surface area contributed by atoms with Gasteiger partial charge in [-0.1, -0.05) is 0 Å². The third kappa shape index (κ3) is 3.80. The largest absolute Gasteiger partial charge is 0.396 e. The van der Waals surface area contributed by atoms with Crippen molar-refractivity contribution >= 4 is 5.78 Å². The van der Waals surface area contributed by atoms with Crippen molar-refractivity contribution < 1.29 is 19.7 Å². The Balaban J connectivity index is 3.90. The Morgan fingerprint density at radius 2 is 1.92 bits per heavy atom. The lowest BCUT2D eigenvalue weighted by Crippen LogP contribution is -2.36. The molecule has 0 rings (SSSR count). The first kappa shape index (κ1) is 11.6. The van der Waals surface area contributed by atoms with E-state index >= 15 is 0 Å². The van der Waals surface area contributed by atoms with Gasteiger partial charge in [0.2, 0.25) is 0 Å². The van der Waals surface area contributed by atoms with Gasteiger partial charge in [-0.2, -0.15) is 0 Å². The summed E-state index contributed by atoms with van der Waals surface area (Å²) in [5, 5.41) is 17.0. The van der Waals surface area contributed by atoms with Gasteiger partial charge >= 0.3 is 0 Å². The molecule has 0 aromatic heterocycles. The molecule has 2 N–H and O–H groups in total. The molecule has 0 saturated heterocycles. The summed E-state index contributed by atoms with van der Waals surface area (Å²) in [5.74, 6) is -0.154. The fourth-order valence-corrected chi connectivity index (χ4v) is 0.784. The molecule has 0 saturated carbocycles. The monoisotopic (exact) mass is 176 g/mol. The van der Waals surface area contributed by atoms with E-state index in [-0.39, 0.29) is 32.0 Å². The molecule has 0 aliphatic carbocycles. The first-order chi connectivity index (χ1) is 5.54. The maximum absolute atomic E-state index is 11.2. The Labute approximate surface area is 72.2 Å². The van der Waals surface area contributed by atoms with E-state index in [4.69, 9.17) is 14.9 Å². The highest BCUT2D eigenvalue weighted by atomic mass is 16.5. The maximum Gasteiger partial charge on any atom is 0.166 e. The minimum absolute atomic E-state index is 0.0957. The van der Waals surface area contributed by atoms with Crippen molar-refractivity contribution in [2.24, 2.45) is 0 Å². The molecule has 0 unspecified atom stereocenters. The highest BCUT2D eigenvalue weighted by Crippen LogP contribution is 2.12. The van der Waals surface area contributed by atoms with Crippen LogP contribution in [0.5, 0.6) is 0 Å². The number of Topliss-reactive ketones (excluding diaryl/α,β-unsaturated/α-hetero) is 1. The molecule has 12 heavy (non-hydrogen) atoms. The van der Waals surface area contributed by atoms with Gasteiger partial charge in [-0.25, -0.2) is 0 Å². The fraction of sp³-hybridized carbons (Fsp3) is 0.875. The lowest BCUT2D eigenvalue weighted by molar-refractivity contribution is -0.142. The number of rotatable bonds is 6. The Kier molecular flexibility index (Phi) is 5.04. The van der Waals surface area contributed by atoms with Gasteiger partial charge in [0.25, 0.3) is 0 Å². The SMILES string of the molecule is CC(C)(OCCO)C(=O)CCO. The van der Waals surface area contributed by atoms with Crippen LogP contribution in [-0.4, -0.2) is 41.4 Å². The molecule has 4 nitrogen and oxygen atoms in total. The molecule has 0 radical (unpaired) electrons. The molecule has 0 aliphatic rings. The standard InChI is InChI=1S/C8H16O4/c1-8(2,12-6-5-10)7(11)3-4-9/h9-10H,3-6H2,1-2H3. The van der Waals surface area contributed by atoms with Crippen LogP contribution in [0.25, 0.3) is 0 Å². The van der Waals surface area contributed by atoms with Crippen LogP contribution in [0.2, 0.25) is 0 Å². The van der Waals surface area contributed by atoms with Crippen molar-refractivity contribution in [1.82, 2.24) is 0 Å². The van der Waals surface area contributed by atoms with E-state index < -0.39 is 5.60 Å². The van der Waals surface area contributed by atoms with Gasteiger partial charge < -0.3 is 14.9 Å². The van der Waals surface area contributed by atoms with E-state index in [1.807, 2.05) is 0 Å². The van der Waals surface area contributed by atoms with Crippen molar-refractivity contribution in [3.8, 4) is 0 Å². The lowest BCUT2D eigenvalue weighted by atomic mass is 10.0. The average molecular weight is 176 g/mol. The molecule has 0 aromatic carbocycles. The fourth-order valence-electron chi connectivity index (χ4n) is 0.784. The maximum atomic E-state index is 11.2. The summed E-state index contributed by atoms with van der Waals surface area (Å²) >= 11 is 0. The zero-order valence-electron chi connectivity index (χ0n) is 7.54. The molecule has 0 amide bonds. The smallest absolute Gasteiger partial charge is 0.166 e. The number of aliphatic hydroxyl groups is 2. The van der Waals surface area contributed by atoms with Crippen LogP contribution in [-0.2, 0) is 9.53 Å². The van der Waals surface area contributed by atoms with Crippen molar-refractivity contribution in [3.05, 3.63) is 0 Å². The molecule has 0 atom stereocenters. The molecule has 0 spiro atoms. The molecule has 0 heterocycles. The highest BCUT2D eigenvalue weighted by Gasteiger charge is 2.26. The second-order valence-corrected chi connectivity index (χ2v) is 2.98. The minimum atomic E-state index is -0.897. The van der Waals surface area contributed by atoms with Crippen LogP contribution in [0.4, 0.5) is 0 Å². The van der Waals surface area contributed by atoms with Crippen molar-refractivity contribution in [2.75, 3.05) is 19.8 Å². The topological polar surface area (TPSA) is 66.8 Å². The lowest BCUT2D eigenvalue weighted by Gasteiger charge is -2.22. The predicted octanol–water partition coefficient (Wildman–Crippen LogP) is -0.275. The van der Waals surface area contributed by atoms with Gasteiger partial charge in [-0.3, -0.25) is 4.79 Å². The molecule has 0 fully saturated rings. The number of carbonyl (C=O) groups is 1. The number of aliphatic hydroxyl groups excluding tert-OH is 2. The van der Waals surface area contributed by atoms with Crippen LogP contribution in [0.3, 0.4) is 0 Å². The summed E-state index contributed by atoms with van der Waals surface area (Å²) < 4.78 is 5.08. The molecule has 4 heteroatoms. The summed E-state index contributed by atoms with van der Waals surface area (Å²) in [7, 11) is 0. The van der Waals surface area contributed by atoms with Gasteiger partial charge in [-0.05, 0) is 13.8 Å². The van der Waals surface area contributed by atoms with Crippen LogP contribution in [0, 0.1) is 0 Å². The summed E-state index contributed by atoms with van der Waals surface area (Å²) in [5.41, 5.74) is -0.897. The highest BCUT2D eigenvalue weighted by molar-refractivity contribution is 5.86. The summed E-state index contributed by atoms with van der Waals surface area (Å²) in [6.07, 6.45) is 0.0957. The Hall–Kier alpha value is -0.450. The Morgan fingerprint density at radius 1 is 1.33 bits per heavy atom. The molecule has 0 aliphatic heterocycles. The Morgan fingerprint density at radius 3 is 2.33 bits per heavy atom. The van der Waals surface area contributed by atoms with Crippen molar-refractivity contribution in [1.29, 1.82) is 0 Å². The minimum Gasteiger partial charge on any atom is -0.396 e. The summed E-state index contributed by atoms with van der Waals surface area (Å²) in [4.78, 5) is 11.2. The van der Waals surface area contributed by atoms with Gasteiger partial charge in [-0.15, -0.1) is 0 Å². The van der Waals surface area contributed by atoms with Crippen LogP contribution < -0.4 is 0 Å². The second-order valence-electron chi connectivity index (χ2n) is 2.98. The van der Waals surface area contributed by atoms with E-state index in [1.54, 1.807) is 13.8 Å². The molecular weight excluding hydrogens is 160 g/mol. The van der Waals surface area contributed by atoms with E-state index in [2.05, 4.69) is 0 Å².